The van der Waals surface area contributed by atoms with E-state index in [0.717, 1.165) is 4.21 Å². The van der Waals surface area contributed by atoms with E-state index in [9.17, 15) is 4.79 Å². The van der Waals surface area contributed by atoms with Crippen LogP contribution in [0.25, 0.3) is 0 Å². The van der Waals surface area contributed by atoms with Crippen LogP contribution in [0.15, 0.2) is 28.6 Å². The Morgan fingerprint density at radius 3 is 2.95 bits per heavy atom. The van der Waals surface area contributed by atoms with E-state index < -0.39 is 0 Å². The lowest BCUT2D eigenvalue weighted by molar-refractivity contribution is -0.115. The van der Waals surface area contributed by atoms with Crippen LogP contribution in [-0.4, -0.2) is 16.6 Å². The zero-order chi connectivity index (χ0) is 14.5. The number of anilines is 2. The average molecular weight is 348 g/mol. The number of halogens is 2. The fourth-order valence-corrected chi connectivity index (χ4v) is 3.50. The van der Waals surface area contributed by atoms with Crippen LogP contribution in [0.3, 0.4) is 0 Å². The van der Waals surface area contributed by atoms with Crippen LogP contribution in [0.5, 0.6) is 0 Å². The highest BCUT2D eigenvalue weighted by Gasteiger charge is 2.07. The van der Waals surface area contributed by atoms with Crippen LogP contribution in [0, 0.1) is 0 Å². The lowest BCUT2D eigenvalue weighted by Crippen LogP contribution is -2.12. The number of nitrogens with one attached hydrogen (secondary N) is 1. The maximum Gasteiger partial charge on any atom is 0.225 e. The van der Waals surface area contributed by atoms with Gasteiger partial charge in [0.15, 0.2) is 5.13 Å². The zero-order valence-corrected chi connectivity index (χ0v) is 13.4. The molecule has 0 saturated heterocycles. The van der Waals surface area contributed by atoms with E-state index in [1.807, 2.05) is 0 Å². The van der Waals surface area contributed by atoms with Crippen molar-refractivity contribution in [1.29, 1.82) is 0 Å². The number of nitrogens with two attached hydrogens (primary N) is 1. The van der Waals surface area contributed by atoms with Crippen LogP contribution in [0.4, 0.5) is 10.8 Å². The molecule has 106 valence electrons. The molecule has 0 radical (unpaired) electrons. The van der Waals surface area contributed by atoms with Gasteiger partial charge in [0, 0.05) is 17.2 Å². The standard InChI is InChI=1S/C12H11Cl2N3OS2/c13-7-1-2-8(14)9(5-7)17-10(18)3-4-19-11-6-16-12(15)20-11/h1-2,5-6H,3-4H2,(H2,15,16)(H,17,18). The normalized spacial score (nSPS) is 10.5. The fraction of sp³-hybridized carbons (Fsp3) is 0.167. The Morgan fingerprint density at radius 1 is 1.45 bits per heavy atom. The van der Waals surface area contributed by atoms with Gasteiger partial charge in [0.05, 0.1) is 21.1 Å². The summed E-state index contributed by atoms with van der Waals surface area (Å²) in [6, 6.07) is 4.94. The highest BCUT2D eigenvalue weighted by atomic mass is 35.5. The first kappa shape index (κ1) is 15.4. The molecule has 0 fully saturated rings. The van der Waals surface area contributed by atoms with Gasteiger partial charge < -0.3 is 11.1 Å². The molecule has 0 aliphatic rings. The van der Waals surface area contributed by atoms with Crippen LogP contribution < -0.4 is 11.1 Å². The maximum absolute atomic E-state index is 11.8. The van der Waals surface area contributed by atoms with Crippen molar-refractivity contribution >= 4 is 63.0 Å². The number of carbonyl (C=O) groups excluding carboxylic acids is 1. The fourth-order valence-electron chi connectivity index (χ4n) is 1.39. The first-order chi connectivity index (χ1) is 9.54. The smallest absolute Gasteiger partial charge is 0.225 e. The Morgan fingerprint density at radius 2 is 2.25 bits per heavy atom. The van der Waals surface area contributed by atoms with E-state index in [-0.39, 0.29) is 5.91 Å². The largest absolute Gasteiger partial charge is 0.375 e. The van der Waals surface area contributed by atoms with Gasteiger partial charge >= 0.3 is 0 Å². The van der Waals surface area contributed by atoms with Crippen molar-refractivity contribution in [3.63, 3.8) is 0 Å². The minimum Gasteiger partial charge on any atom is -0.375 e. The molecule has 1 heterocycles. The van der Waals surface area contributed by atoms with Gasteiger partial charge in [-0.1, -0.05) is 34.5 Å². The number of nitrogens with zero attached hydrogens (tertiary/aromatic N) is 1. The minimum atomic E-state index is -0.112. The highest BCUT2D eigenvalue weighted by molar-refractivity contribution is 8.01. The van der Waals surface area contributed by atoms with Gasteiger partial charge in [-0.05, 0) is 18.2 Å². The SMILES string of the molecule is Nc1ncc(SCCC(=O)Nc2cc(Cl)ccc2Cl)s1. The number of rotatable bonds is 5. The van der Waals surface area contributed by atoms with Crippen LogP contribution in [-0.2, 0) is 4.79 Å². The molecule has 0 unspecified atom stereocenters. The molecular weight excluding hydrogens is 337 g/mol. The van der Waals surface area contributed by atoms with Gasteiger partial charge in [0.25, 0.3) is 0 Å². The summed E-state index contributed by atoms with van der Waals surface area (Å²) in [5.41, 5.74) is 6.05. The summed E-state index contributed by atoms with van der Waals surface area (Å²) in [6.07, 6.45) is 2.07. The van der Waals surface area contributed by atoms with Gasteiger partial charge in [0.1, 0.15) is 0 Å². The van der Waals surface area contributed by atoms with Crippen molar-refractivity contribution in [2.24, 2.45) is 0 Å². The first-order valence-corrected chi connectivity index (χ1v) is 8.19. The minimum absolute atomic E-state index is 0.112. The summed E-state index contributed by atoms with van der Waals surface area (Å²) in [4.78, 5) is 15.8. The van der Waals surface area contributed by atoms with Gasteiger partial charge in [0.2, 0.25) is 5.91 Å². The van der Waals surface area contributed by atoms with Crippen molar-refractivity contribution in [1.82, 2.24) is 4.98 Å². The van der Waals surface area contributed by atoms with E-state index >= 15 is 0 Å². The molecule has 1 aromatic heterocycles. The van der Waals surface area contributed by atoms with Crippen molar-refractivity contribution in [2.45, 2.75) is 10.6 Å². The molecule has 1 aromatic carbocycles. The number of amides is 1. The van der Waals surface area contributed by atoms with Gasteiger partial charge in [-0.15, -0.1) is 11.8 Å². The van der Waals surface area contributed by atoms with E-state index in [0.29, 0.717) is 33.0 Å². The summed E-state index contributed by atoms with van der Waals surface area (Å²) in [7, 11) is 0. The lowest BCUT2D eigenvalue weighted by Gasteiger charge is -2.07. The molecule has 0 aliphatic carbocycles. The maximum atomic E-state index is 11.8. The third kappa shape index (κ3) is 4.56. The predicted octanol–water partition coefficient (Wildman–Crippen LogP) is 4.15. The zero-order valence-electron chi connectivity index (χ0n) is 10.2. The quantitative estimate of drug-likeness (QED) is 0.797. The molecule has 0 atom stereocenters. The van der Waals surface area contributed by atoms with Gasteiger partial charge in [-0.2, -0.15) is 0 Å². The number of hydrogen-bond donors (Lipinski definition) is 2. The van der Waals surface area contributed by atoms with Gasteiger partial charge in [-0.25, -0.2) is 4.98 Å². The summed E-state index contributed by atoms with van der Waals surface area (Å²) in [5.74, 6) is 0.533. The molecule has 20 heavy (non-hydrogen) atoms. The van der Waals surface area contributed by atoms with E-state index in [4.69, 9.17) is 28.9 Å². The molecule has 2 aromatic rings. The Labute approximate surface area is 134 Å². The summed E-state index contributed by atoms with van der Waals surface area (Å²) < 4.78 is 0.996. The Bertz CT molecular complexity index is 618. The van der Waals surface area contributed by atoms with E-state index in [1.165, 1.54) is 11.3 Å². The van der Waals surface area contributed by atoms with Crippen LogP contribution in [0.2, 0.25) is 10.0 Å². The van der Waals surface area contributed by atoms with Gasteiger partial charge in [-0.3, -0.25) is 4.79 Å². The lowest BCUT2D eigenvalue weighted by atomic mass is 10.3. The number of benzene rings is 1. The molecule has 0 spiro atoms. The molecule has 0 bridgehead atoms. The monoisotopic (exact) mass is 347 g/mol. The molecular formula is C12H11Cl2N3OS2. The number of thiazole rings is 1. The van der Waals surface area contributed by atoms with Crippen LogP contribution >= 0.6 is 46.3 Å². The van der Waals surface area contributed by atoms with Crippen LogP contribution in [0.1, 0.15) is 6.42 Å². The summed E-state index contributed by atoms with van der Waals surface area (Å²) in [6.45, 7) is 0. The third-order valence-corrected chi connectivity index (χ3v) is 4.87. The van der Waals surface area contributed by atoms with Crippen molar-refractivity contribution in [3.8, 4) is 0 Å². The predicted molar refractivity (Wildman–Crippen MR) is 87.0 cm³/mol. The highest BCUT2D eigenvalue weighted by Crippen LogP contribution is 2.28. The Hall–Kier alpha value is -0.950. The number of nitrogen functional groups attached to an aromatic ring is 1. The molecule has 0 saturated carbocycles. The molecule has 2 rings (SSSR count). The first-order valence-electron chi connectivity index (χ1n) is 5.63. The third-order valence-electron chi connectivity index (χ3n) is 2.28. The van der Waals surface area contributed by atoms with E-state index in [1.54, 1.807) is 36.2 Å². The van der Waals surface area contributed by atoms with Crippen molar-refractivity contribution in [2.75, 3.05) is 16.8 Å². The van der Waals surface area contributed by atoms with Crippen molar-refractivity contribution < 1.29 is 4.79 Å². The van der Waals surface area contributed by atoms with Crippen molar-refractivity contribution in [3.05, 3.63) is 34.4 Å². The number of aromatic nitrogens is 1. The second kappa shape index (κ2) is 7.17. The number of thioether (sulfide) groups is 1. The molecule has 1 amide bonds. The molecule has 0 aliphatic heterocycles. The Kier molecular flexibility index (Phi) is 5.54. The number of hydrogen-bond acceptors (Lipinski definition) is 5. The molecule has 8 heteroatoms. The number of carbonyl (C=O) groups is 1. The van der Waals surface area contributed by atoms with E-state index in [2.05, 4.69) is 10.3 Å². The second-order valence-electron chi connectivity index (χ2n) is 3.79. The molecule has 3 N–H and O–H groups in total. The summed E-state index contributed by atoms with van der Waals surface area (Å²) in [5, 5.41) is 4.26. The topological polar surface area (TPSA) is 68.0 Å². The average Bonchev–Trinajstić information content (AvgIpc) is 2.80. The second-order valence-corrected chi connectivity index (χ2v) is 7.09. The molecule has 4 nitrogen and oxygen atoms in total. The summed E-state index contributed by atoms with van der Waals surface area (Å²) >= 11 is 14.8. The Balaban J connectivity index is 1.82.